The van der Waals surface area contributed by atoms with Crippen molar-refractivity contribution in [3.8, 4) is 10.6 Å². The molecule has 0 aliphatic heterocycles. The van der Waals surface area contributed by atoms with Gasteiger partial charge in [0.15, 0.2) is 0 Å². The second-order valence-corrected chi connectivity index (χ2v) is 4.97. The third-order valence-corrected chi connectivity index (χ3v) is 3.57. The Kier molecular flexibility index (Phi) is 3.99. The average molecular weight is 287 g/mol. The first-order valence-corrected chi connectivity index (χ1v) is 6.40. The van der Waals surface area contributed by atoms with Crippen molar-refractivity contribution in [2.45, 2.75) is 6.42 Å². The minimum absolute atomic E-state index is 0.498. The van der Waals surface area contributed by atoms with Crippen molar-refractivity contribution in [3.05, 3.63) is 39.3 Å². The maximum atomic E-state index is 8.34. The predicted octanol–water partition coefficient (Wildman–Crippen LogP) is 4.12. The highest BCUT2D eigenvalue weighted by atomic mass is 35.5. The summed E-state index contributed by atoms with van der Waals surface area (Å²) in [5.41, 5.74) is 1.70. The van der Waals surface area contributed by atoms with E-state index in [4.69, 9.17) is 28.4 Å². The second-order valence-electron chi connectivity index (χ2n) is 3.27. The molecule has 88 valence electrons. The van der Waals surface area contributed by atoms with E-state index in [1.165, 1.54) is 17.6 Å². The van der Waals surface area contributed by atoms with Gasteiger partial charge in [0.1, 0.15) is 5.01 Å². The maximum Gasteiger partial charge on any atom is 0.125 e. The summed E-state index contributed by atoms with van der Waals surface area (Å²) in [6.45, 7) is 0. The van der Waals surface area contributed by atoms with Gasteiger partial charge >= 0.3 is 0 Å². The zero-order chi connectivity index (χ0) is 12.3. The normalized spacial score (nSPS) is 11.2. The molecule has 0 aliphatic rings. The Labute approximate surface area is 112 Å². The van der Waals surface area contributed by atoms with Crippen LogP contribution in [0.15, 0.2) is 28.7 Å². The number of halogens is 2. The first-order valence-electron chi connectivity index (χ1n) is 4.76. The summed E-state index contributed by atoms with van der Waals surface area (Å²) in [6, 6.07) is 5.31. The largest absolute Gasteiger partial charge is 0.411 e. The van der Waals surface area contributed by atoms with Crippen LogP contribution in [-0.2, 0) is 6.42 Å². The predicted molar refractivity (Wildman–Crippen MR) is 71.6 cm³/mol. The topological polar surface area (TPSA) is 45.5 Å². The SMILES string of the molecule is ON=CCc1csc(-c2ccc(Cl)cc2Cl)n1. The lowest BCUT2D eigenvalue weighted by Gasteiger charge is -2.00. The molecule has 0 unspecified atom stereocenters. The van der Waals surface area contributed by atoms with E-state index in [9.17, 15) is 0 Å². The Morgan fingerprint density at radius 2 is 2.24 bits per heavy atom. The molecule has 0 spiro atoms. The molecule has 3 nitrogen and oxygen atoms in total. The van der Waals surface area contributed by atoms with Crippen LogP contribution >= 0.6 is 34.5 Å². The van der Waals surface area contributed by atoms with Crippen molar-refractivity contribution >= 4 is 40.8 Å². The van der Waals surface area contributed by atoms with Gasteiger partial charge in [-0.2, -0.15) is 0 Å². The fraction of sp³-hybridized carbons (Fsp3) is 0.0909. The zero-order valence-corrected chi connectivity index (χ0v) is 10.9. The van der Waals surface area contributed by atoms with E-state index >= 15 is 0 Å². The van der Waals surface area contributed by atoms with Crippen molar-refractivity contribution in [2.24, 2.45) is 5.16 Å². The molecule has 1 aromatic carbocycles. The van der Waals surface area contributed by atoms with Crippen LogP contribution in [0.5, 0.6) is 0 Å². The van der Waals surface area contributed by atoms with Gasteiger partial charge in [0.25, 0.3) is 0 Å². The molecule has 17 heavy (non-hydrogen) atoms. The second kappa shape index (κ2) is 5.49. The van der Waals surface area contributed by atoms with Crippen LogP contribution < -0.4 is 0 Å². The van der Waals surface area contributed by atoms with Crippen molar-refractivity contribution in [1.82, 2.24) is 4.98 Å². The van der Waals surface area contributed by atoms with Crippen LogP contribution in [0.25, 0.3) is 10.6 Å². The third-order valence-electron chi connectivity index (χ3n) is 2.10. The molecule has 0 radical (unpaired) electrons. The fourth-order valence-electron chi connectivity index (χ4n) is 1.32. The van der Waals surface area contributed by atoms with Gasteiger partial charge in [-0.25, -0.2) is 4.98 Å². The van der Waals surface area contributed by atoms with E-state index in [1.807, 2.05) is 11.4 Å². The zero-order valence-electron chi connectivity index (χ0n) is 8.60. The lowest BCUT2D eigenvalue weighted by Crippen LogP contribution is -1.86. The van der Waals surface area contributed by atoms with Crippen LogP contribution in [0.1, 0.15) is 5.69 Å². The summed E-state index contributed by atoms with van der Waals surface area (Å²) in [7, 11) is 0. The van der Waals surface area contributed by atoms with E-state index in [-0.39, 0.29) is 0 Å². The lowest BCUT2D eigenvalue weighted by molar-refractivity contribution is 0.320. The third kappa shape index (κ3) is 2.97. The molecule has 0 saturated carbocycles. The van der Waals surface area contributed by atoms with Crippen LogP contribution in [0.3, 0.4) is 0 Å². The fourth-order valence-corrected chi connectivity index (χ4v) is 2.75. The van der Waals surface area contributed by atoms with E-state index in [0.29, 0.717) is 16.5 Å². The van der Waals surface area contributed by atoms with Gasteiger partial charge in [-0.15, -0.1) is 16.5 Å². The molecule has 0 bridgehead atoms. The number of rotatable bonds is 3. The van der Waals surface area contributed by atoms with Crippen LogP contribution in [0.4, 0.5) is 0 Å². The average Bonchev–Trinajstić information content (AvgIpc) is 2.75. The van der Waals surface area contributed by atoms with Crippen molar-refractivity contribution in [3.63, 3.8) is 0 Å². The van der Waals surface area contributed by atoms with E-state index < -0.39 is 0 Å². The number of hydrogen-bond acceptors (Lipinski definition) is 4. The van der Waals surface area contributed by atoms with Gasteiger partial charge in [0.05, 0.1) is 10.7 Å². The molecule has 0 amide bonds. The monoisotopic (exact) mass is 286 g/mol. The smallest absolute Gasteiger partial charge is 0.125 e. The number of aromatic nitrogens is 1. The molecule has 1 heterocycles. The highest BCUT2D eigenvalue weighted by molar-refractivity contribution is 7.13. The molecular formula is C11H8Cl2N2OS. The van der Waals surface area contributed by atoms with Crippen molar-refractivity contribution in [2.75, 3.05) is 0 Å². The van der Waals surface area contributed by atoms with Crippen LogP contribution in [0, 0.1) is 0 Å². The summed E-state index contributed by atoms with van der Waals surface area (Å²) in [5, 5.41) is 15.2. The summed E-state index contributed by atoms with van der Waals surface area (Å²) in [5.74, 6) is 0. The summed E-state index contributed by atoms with van der Waals surface area (Å²) < 4.78 is 0. The highest BCUT2D eigenvalue weighted by Crippen LogP contribution is 2.32. The highest BCUT2D eigenvalue weighted by Gasteiger charge is 2.08. The van der Waals surface area contributed by atoms with Crippen LogP contribution in [0.2, 0.25) is 10.0 Å². The number of hydrogen-bond donors (Lipinski definition) is 1. The summed E-state index contributed by atoms with van der Waals surface area (Å²) in [4.78, 5) is 4.40. The Morgan fingerprint density at radius 3 is 2.94 bits per heavy atom. The van der Waals surface area contributed by atoms with Crippen molar-refractivity contribution in [1.29, 1.82) is 0 Å². The number of nitrogens with zero attached hydrogens (tertiary/aromatic N) is 2. The van der Waals surface area contributed by atoms with Gasteiger partial charge in [0.2, 0.25) is 0 Å². The molecule has 2 rings (SSSR count). The number of thiazole rings is 1. The molecule has 0 fully saturated rings. The van der Waals surface area contributed by atoms with E-state index in [0.717, 1.165) is 16.3 Å². The molecule has 1 N–H and O–H groups in total. The Hall–Kier alpha value is -1.10. The van der Waals surface area contributed by atoms with E-state index in [1.54, 1.807) is 12.1 Å². The van der Waals surface area contributed by atoms with E-state index in [2.05, 4.69) is 10.1 Å². The Bertz CT molecular complexity index is 554. The summed E-state index contributed by atoms with van der Waals surface area (Å²) >= 11 is 13.4. The van der Waals surface area contributed by atoms with Gasteiger partial charge in [-0.05, 0) is 18.2 Å². The molecule has 6 heteroatoms. The Balaban J connectivity index is 2.30. The number of benzene rings is 1. The standard InChI is InChI=1S/C11H8Cl2N2OS/c12-7-1-2-9(10(13)5-7)11-15-8(6-17-11)3-4-14-16/h1-2,4-6,16H,3H2. The minimum atomic E-state index is 0.498. The Morgan fingerprint density at radius 1 is 1.41 bits per heavy atom. The van der Waals surface area contributed by atoms with Crippen LogP contribution in [-0.4, -0.2) is 16.4 Å². The van der Waals surface area contributed by atoms with Crippen molar-refractivity contribution < 1.29 is 5.21 Å². The molecular weight excluding hydrogens is 279 g/mol. The molecule has 2 aromatic rings. The molecule has 0 aliphatic carbocycles. The molecule has 1 aromatic heterocycles. The first-order chi connectivity index (χ1) is 8.20. The quantitative estimate of drug-likeness (QED) is 0.524. The summed E-state index contributed by atoms with van der Waals surface area (Å²) in [6.07, 6.45) is 1.89. The maximum absolute atomic E-state index is 8.34. The minimum Gasteiger partial charge on any atom is -0.411 e. The first kappa shape index (κ1) is 12.4. The number of oxime groups is 1. The molecule has 0 atom stereocenters. The van der Waals surface area contributed by atoms with Gasteiger partial charge < -0.3 is 5.21 Å². The molecule has 0 saturated heterocycles. The van der Waals surface area contributed by atoms with Gasteiger partial charge in [-0.3, -0.25) is 0 Å². The lowest BCUT2D eigenvalue weighted by atomic mass is 10.2. The van der Waals surface area contributed by atoms with Gasteiger partial charge in [0, 0.05) is 28.6 Å². The van der Waals surface area contributed by atoms with Gasteiger partial charge in [-0.1, -0.05) is 23.2 Å².